The number of hydrogen-bond donors (Lipinski definition) is 1. The molecule has 2 aliphatic heterocycles. The highest BCUT2D eigenvalue weighted by molar-refractivity contribution is 5.84. The normalized spacial score (nSPS) is 21.5. The van der Waals surface area contributed by atoms with Gasteiger partial charge in [0.2, 0.25) is 5.91 Å². The highest BCUT2D eigenvalue weighted by Crippen LogP contribution is 2.41. The SMILES string of the molecule is Cc1cc(N2CCC3(CCC(=O)N(C(C)C(=O)O)C3)CC2)cc(C)n1. The molecule has 1 amide bonds. The fraction of sp³-hybridized carbons (Fsp3) is 0.632. The molecule has 2 saturated heterocycles. The number of carbonyl (C=O) groups excluding carboxylic acids is 1. The van der Waals surface area contributed by atoms with Gasteiger partial charge in [-0.25, -0.2) is 4.79 Å². The van der Waals surface area contributed by atoms with Crippen molar-refractivity contribution in [3.63, 3.8) is 0 Å². The van der Waals surface area contributed by atoms with E-state index in [9.17, 15) is 14.7 Å². The van der Waals surface area contributed by atoms with Crippen molar-refractivity contribution in [1.29, 1.82) is 0 Å². The van der Waals surface area contributed by atoms with Crippen LogP contribution in [-0.4, -0.2) is 52.5 Å². The van der Waals surface area contributed by atoms with Gasteiger partial charge in [-0.3, -0.25) is 9.78 Å². The van der Waals surface area contributed by atoms with E-state index in [-0.39, 0.29) is 11.3 Å². The summed E-state index contributed by atoms with van der Waals surface area (Å²) in [5, 5.41) is 9.27. The molecule has 6 heteroatoms. The fourth-order valence-corrected chi connectivity index (χ4v) is 4.17. The maximum absolute atomic E-state index is 12.2. The maximum Gasteiger partial charge on any atom is 0.326 e. The lowest BCUT2D eigenvalue weighted by Crippen LogP contribution is -2.55. The Labute approximate surface area is 148 Å². The van der Waals surface area contributed by atoms with Crippen LogP contribution in [0.15, 0.2) is 12.1 Å². The lowest BCUT2D eigenvalue weighted by Gasteiger charge is -2.48. The van der Waals surface area contributed by atoms with Crippen LogP contribution in [0.25, 0.3) is 0 Å². The lowest BCUT2D eigenvalue weighted by atomic mass is 9.72. The summed E-state index contributed by atoms with van der Waals surface area (Å²) in [6, 6.07) is 3.50. The molecule has 1 aromatic rings. The first-order valence-electron chi connectivity index (χ1n) is 9.02. The van der Waals surface area contributed by atoms with Gasteiger partial charge in [0.1, 0.15) is 6.04 Å². The van der Waals surface area contributed by atoms with Crippen LogP contribution >= 0.6 is 0 Å². The Balaban J connectivity index is 1.70. The third kappa shape index (κ3) is 3.62. The van der Waals surface area contributed by atoms with Crippen molar-refractivity contribution in [3.05, 3.63) is 23.5 Å². The summed E-state index contributed by atoms with van der Waals surface area (Å²) in [6.07, 6.45) is 3.31. The van der Waals surface area contributed by atoms with E-state index >= 15 is 0 Å². The minimum atomic E-state index is -0.925. The Morgan fingerprint density at radius 2 is 1.80 bits per heavy atom. The van der Waals surface area contributed by atoms with Gasteiger partial charge < -0.3 is 14.9 Å². The molecule has 1 unspecified atom stereocenters. The van der Waals surface area contributed by atoms with Gasteiger partial charge >= 0.3 is 5.97 Å². The molecule has 1 spiro atoms. The van der Waals surface area contributed by atoms with Crippen LogP contribution in [0, 0.1) is 19.3 Å². The molecule has 1 N–H and O–H groups in total. The minimum absolute atomic E-state index is 0.0247. The predicted octanol–water partition coefficient (Wildman–Crippen LogP) is 2.38. The molecule has 1 aromatic heterocycles. The molecule has 3 heterocycles. The molecule has 2 fully saturated rings. The first-order chi connectivity index (χ1) is 11.8. The Kier molecular flexibility index (Phi) is 4.71. The Morgan fingerprint density at radius 3 is 2.36 bits per heavy atom. The number of carbonyl (C=O) groups is 2. The molecule has 1 atom stereocenters. The van der Waals surface area contributed by atoms with Crippen molar-refractivity contribution < 1.29 is 14.7 Å². The number of hydrogen-bond acceptors (Lipinski definition) is 4. The van der Waals surface area contributed by atoms with Crippen molar-refractivity contribution >= 4 is 17.6 Å². The minimum Gasteiger partial charge on any atom is -0.480 e. The standard InChI is InChI=1S/C19H27N3O3/c1-13-10-16(11-14(2)20-13)21-8-6-19(7-9-21)5-4-17(23)22(12-19)15(3)18(24)25/h10-11,15H,4-9,12H2,1-3H3,(H,24,25). The molecule has 0 aliphatic carbocycles. The average molecular weight is 345 g/mol. The van der Waals surface area contributed by atoms with E-state index in [2.05, 4.69) is 22.0 Å². The number of anilines is 1. The largest absolute Gasteiger partial charge is 0.480 e. The average Bonchev–Trinajstić information content (AvgIpc) is 2.56. The highest BCUT2D eigenvalue weighted by Gasteiger charge is 2.43. The van der Waals surface area contributed by atoms with Gasteiger partial charge in [-0.05, 0) is 57.6 Å². The third-order valence-corrected chi connectivity index (χ3v) is 5.78. The number of nitrogens with zero attached hydrogens (tertiary/aromatic N) is 3. The number of carboxylic acid groups (broad SMARTS) is 1. The summed E-state index contributed by atoms with van der Waals surface area (Å²) >= 11 is 0. The van der Waals surface area contributed by atoms with Gasteiger partial charge in [0.05, 0.1) is 0 Å². The molecule has 25 heavy (non-hydrogen) atoms. The van der Waals surface area contributed by atoms with E-state index in [1.54, 1.807) is 11.8 Å². The van der Waals surface area contributed by atoms with Gasteiger partial charge in [0, 0.05) is 43.1 Å². The van der Waals surface area contributed by atoms with Crippen molar-refractivity contribution in [2.75, 3.05) is 24.5 Å². The first kappa shape index (κ1) is 17.7. The Bertz CT molecular complexity index is 660. The van der Waals surface area contributed by atoms with Gasteiger partial charge in [-0.2, -0.15) is 0 Å². The first-order valence-corrected chi connectivity index (χ1v) is 9.02. The second-order valence-corrected chi connectivity index (χ2v) is 7.63. The van der Waals surface area contributed by atoms with Crippen LogP contribution in [0.4, 0.5) is 5.69 Å². The molecule has 136 valence electrons. The number of pyridine rings is 1. The summed E-state index contributed by atoms with van der Waals surface area (Å²) in [4.78, 5) is 31.9. The molecule has 0 aromatic carbocycles. The lowest BCUT2D eigenvalue weighted by molar-refractivity contribution is -0.154. The van der Waals surface area contributed by atoms with E-state index in [1.807, 2.05) is 13.8 Å². The summed E-state index contributed by atoms with van der Waals surface area (Å²) < 4.78 is 0. The van der Waals surface area contributed by atoms with Crippen molar-refractivity contribution in [2.24, 2.45) is 5.41 Å². The smallest absolute Gasteiger partial charge is 0.326 e. The summed E-state index contributed by atoms with van der Waals surface area (Å²) in [6.45, 7) is 8.08. The molecular formula is C19H27N3O3. The number of amides is 1. The fourth-order valence-electron chi connectivity index (χ4n) is 4.17. The molecule has 2 aliphatic rings. The van der Waals surface area contributed by atoms with E-state index < -0.39 is 12.0 Å². The second-order valence-electron chi connectivity index (χ2n) is 7.63. The van der Waals surface area contributed by atoms with Crippen LogP contribution < -0.4 is 4.90 Å². The predicted molar refractivity (Wildman–Crippen MR) is 95.6 cm³/mol. The van der Waals surface area contributed by atoms with Crippen molar-refractivity contribution in [2.45, 2.75) is 52.5 Å². The van der Waals surface area contributed by atoms with Crippen LogP contribution in [0.2, 0.25) is 0 Å². The number of carboxylic acids is 1. The van der Waals surface area contributed by atoms with Crippen LogP contribution in [0.5, 0.6) is 0 Å². The maximum atomic E-state index is 12.2. The summed E-state index contributed by atoms with van der Waals surface area (Å²) in [7, 11) is 0. The Hall–Kier alpha value is -2.11. The van der Waals surface area contributed by atoms with Crippen molar-refractivity contribution in [1.82, 2.24) is 9.88 Å². The zero-order valence-electron chi connectivity index (χ0n) is 15.3. The van der Waals surface area contributed by atoms with E-state index in [0.717, 1.165) is 43.7 Å². The third-order valence-electron chi connectivity index (χ3n) is 5.78. The monoisotopic (exact) mass is 345 g/mol. The van der Waals surface area contributed by atoms with Crippen LogP contribution in [-0.2, 0) is 9.59 Å². The molecule has 0 saturated carbocycles. The number of aryl methyl sites for hydroxylation is 2. The summed E-state index contributed by atoms with van der Waals surface area (Å²) in [5.74, 6) is -0.950. The zero-order chi connectivity index (χ0) is 18.2. The number of aromatic nitrogens is 1. The summed E-state index contributed by atoms with van der Waals surface area (Å²) in [5.41, 5.74) is 3.33. The van der Waals surface area contributed by atoms with E-state index in [1.165, 1.54) is 5.69 Å². The highest BCUT2D eigenvalue weighted by atomic mass is 16.4. The number of rotatable bonds is 3. The molecule has 0 bridgehead atoms. The molecule has 6 nitrogen and oxygen atoms in total. The second kappa shape index (κ2) is 6.65. The topological polar surface area (TPSA) is 73.7 Å². The number of likely N-dealkylation sites (tertiary alicyclic amines) is 1. The van der Waals surface area contributed by atoms with Gasteiger partial charge in [0.25, 0.3) is 0 Å². The quantitative estimate of drug-likeness (QED) is 0.910. The van der Waals surface area contributed by atoms with Gasteiger partial charge in [-0.1, -0.05) is 0 Å². The van der Waals surface area contributed by atoms with Gasteiger partial charge in [0.15, 0.2) is 0 Å². The number of piperidine rings is 2. The van der Waals surface area contributed by atoms with Crippen LogP contribution in [0.1, 0.15) is 44.0 Å². The van der Waals surface area contributed by atoms with Gasteiger partial charge in [-0.15, -0.1) is 0 Å². The van der Waals surface area contributed by atoms with Crippen LogP contribution in [0.3, 0.4) is 0 Å². The van der Waals surface area contributed by atoms with E-state index in [0.29, 0.717) is 13.0 Å². The molecule has 0 radical (unpaired) electrons. The Morgan fingerprint density at radius 1 is 1.20 bits per heavy atom. The number of aliphatic carboxylic acids is 1. The zero-order valence-corrected chi connectivity index (χ0v) is 15.3. The van der Waals surface area contributed by atoms with Crippen molar-refractivity contribution in [3.8, 4) is 0 Å². The molecular weight excluding hydrogens is 318 g/mol. The molecule has 3 rings (SSSR count). The van der Waals surface area contributed by atoms with E-state index in [4.69, 9.17) is 0 Å².